The third kappa shape index (κ3) is 3.36. The molecule has 1 aliphatic heterocycles. The van der Waals surface area contributed by atoms with Gasteiger partial charge in [-0.3, -0.25) is 0 Å². The summed E-state index contributed by atoms with van der Waals surface area (Å²) in [6.07, 6.45) is 0.870. The van der Waals surface area contributed by atoms with Crippen LogP contribution >= 0.6 is 11.8 Å². The van der Waals surface area contributed by atoms with Crippen molar-refractivity contribution in [3.8, 4) is 0 Å². The molecule has 0 atom stereocenters. The summed E-state index contributed by atoms with van der Waals surface area (Å²) in [5.41, 5.74) is 3.51. The molecule has 0 radical (unpaired) electrons. The Balaban J connectivity index is 1.79. The minimum absolute atomic E-state index is 0.608. The van der Waals surface area contributed by atoms with E-state index < -0.39 is 0 Å². The lowest BCUT2D eigenvalue weighted by Gasteiger charge is -2.19. The van der Waals surface area contributed by atoms with Crippen molar-refractivity contribution >= 4 is 17.6 Å². The molecule has 2 heterocycles. The Kier molecular flexibility index (Phi) is 4.41. The van der Waals surface area contributed by atoms with E-state index in [1.54, 1.807) is 11.8 Å². The normalized spacial score (nSPS) is 13.8. The maximum atomic E-state index is 5.50. The Morgan fingerprint density at radius 1 is 1.33 bits per heavy atom. The van der Waals surface area contributed by atoms with Gasteiger partial charge >= 0.3 is 0 Å². The molecule has 1 aliphatic rings. The van der Waals surface area contributed by atoms with Crippen LogP contribution in [-0.2, 0) is 23.5 Å². The molecule has 1 N–H and O–H groups in total. The molecule has 0 saturated heterocycles. The van der Waals surface area contributed by atoms with E-state index >= 15 is 0 Å². The molecule has 0 spiro atoms. The van der Waals surface area contributed by atoms with Gasteiger partial charge in [-0.25, -0.2) is 9.97 Å². The molecule has 0 amide bonds. The molecule has 0 fully saturated rings. The molecule has 110 valence electrons. The van der Waals surface area contributed by atoms with Gasteiger partial charge in [0.15, 0.2) is 0 Å². The quantitative estimate of drug-likeness (QED) is 0.879. The molecule has 1 aromatic heterocycles. The molecule has 5 heteroatoms. The van der Waals surface area contributed by atoms with Crippen LogP contribution in [0.5, 0.6) is 0 Å². The first-order valence-corrected chi connectivity index (χ1v) is 8.08. The lowest BCUT2D eigenvalue weighted by atomic mass is 10.1. The molecule has 0 saturated carbocycles. The van der Waals surface area contributed by atoms with Crippen molar-refractivity contribution in [1.29, 1.82) is 0 Å². The van der Waals surface area contributed by atoms with Gasteiger partial charge in [0.2, 0.25) is 0 Å². The summed E-state index contributed by atoms with van der Waals surface area (Å²) >= 11 is 1.77. The predicted molar refractivity (Wildman–Crippen MR) is 85.7 cm³/mol. The number of aryl methyl sites for hydroxylation is 1. The Labute approximate surface area is 129 Å². The second kappa shape index (κ2) is 6.45. The fourth-order valence-corrected chi connectivity index (χ4v) is 3.28. The Hall–Kier alpha value is -1.59. The average Bonchev–Trinajstić information content (AvgIpc) is 2.52. The highest BCUT2D eigenvalue weighted by Crippen LogP contribution is 2.26. The van der Waals surface area contributed by atoms with Crippen LogP contribution in [0.3, 0.4) is 0 Å². The van der Waals surface area contributed by atoms with E-state index in [0.717, 1.165) is 41.7 Å². The SMILES string of the molecule is CNc1nc(CSc2cccc(C)c2)nc2c1COCC2. The van der Waals surface area contributed by atoms with Crippen LogP contribution in [0, 0.1) is 6.92 Å². The van der Waals surface area contributed by atoms with Gasteiger partial charge in [-0.15, -0.1) is 11.8 Å². The highest BCUT2D eigenvalue weighted by Gasteiger charge is 2.17. The molecule has 2 aromatic rings. The van der Waals surface area contributed by atoms with Crippen molar-refractivity contribution in [3.63, 3.8) is 0 Å². The maximum absolute atomic E-state index is 5.50. The number of anilines is 1. The van der Waals surface area contributed by atoms with Gasteiger partial charge in [0, 0.05) is 23.9 Å². The number of rotatable bonds is 4. The summed E-state index contributed by atoms with van der Waals surface area (Å²) in [5, 5.41) is 3.16. The third-order valence-electron chi connectivity index (χ3n) is 3.46. The summed E-state index contributed by atoms with van der Waals surface area (Å²) in [6.45, 7) is 3.47. The van der Waals surface area contributed by atoms with Crippen molar-refractivity contribution in [2.75, 3.05) is 19.0 Å². The number of ether oxygens (including phenoxy) is 1. The smallest absolute Gasteiger partial charge is 0.141 e. The second-order valence-electron chi connectivity index (χ2n) is 5.07. The zero-order valence-electron chi connectivity index (χ0n) is 12.3. The topological polar surface area (TPSA) is 47.0 Å². The number of hydrogen-bond donors (Lipinski definition) is 1. The Morgan fingerprint density at radius 2 is 2.24 bits per heavy atom. The van der Waals surface area contributed by atoms with Crippen LogP contribution in [0.2, 0.25) is 0 Å². The number of aromatic nitrogens is 2. The van der Waals surface area contributed by atoms with Gasteiger partial charge < -0.3 is 10.1 Å². The van der Waals surface area contributed by atoms with E-state index in [1.807, 2.05) is 7.05 Å². The molecular formula is C16H19N3OS. The lowest BCUT2D eigenvalue weighted by Crippen LogP contribution is -2.16. The van der Waals surface area contributed by atoms with Gasteiger partial charge in [0.1, 0.15) is 11.6 Å². The van der Waals surface area contributed by atoms with Crippen LogP contribution < -0.4 is 5.32 Å². The van der Waals surface area contributed by atoms with E-state index in [4.69, 9.17) is 9.72 Å². The molecular weight excluding hydrogens is 282 g/mol. The Morgan fingerprint density at radius 3 is 3.05 bits per heavy atom. The first-order valence-electron chi connectivity index (χ1n) is 7.10. The fourth-order valence-electron chi connectivity index (χ4n) is 2.41. The molecule has 0 bridgehead atoms. The van der Waals surface area contributed by atoms with Gasteiger partial charge in [-0.1, -0.05) is 17.7 Å². The first kappa shape index (κ1) is 14.4. The van der Waals surface area contributed by atoms with Crippen LogP contribution in [0.25, 0.3) is 0 Å². The van der Waals surface area contributed by atoms with Gasteiger partial charge in [0.25, 0.3) is 0 Å². The number of fused-ring (bicyclic) bond motifs is 1. The minimum Gasteiger partial charge on any atom is -0.376 e. The largest absolute Gasteiger partial charge is 0.376 e. The van der Waals surface area contributed by atoms with E-state index in [-0.39, 0.29) is 0 Å². The summed E-state index contributed by atoms with van der Waals surface area (Å²) in [6, 6.07) is 8.51. The molecule has 0 unspecified atom stereocenters. The molecule has 4 nitrogen and oxygen atoms in total. The van der Waals surface area contributed by atoms with E-state index in [2.05, 4.69) is 41.5 Å². The van der Waals surface area contributed by atoms with Gasteiger partial charge in [-0.05, 0) is 19.1 Å². The molecule has 0 aliphatic carbocycles. The van der Waals surface area contributed by atoms with E-state index in [9.17, 15) is 0 Å². The highest BCUT2D eigenvalue weighted by molar-refractivity contribution is 7.98. The lowest BCUT2D eigenvalue weighted by molar-refractivity contribution is 0.109. The van der Waals surface area contributed by atoms with Crippen molar-refractivity contribution in [2.24, 2.45) is 0 Å². The van der Waals surface area contributed by atoms with Crippen LogP contribution in [0.4, 0.5) is 5.82 Å². The minimum atomic E-state index is 0.608. The zero-order chi connectivity index (χ0) is 14.7. The van der Waals surface area contributed by atoms with Crippen LogP contribution in [0.1, 0.15) is 22.6 Å². The van der Waals surface area contributed by atoms with Crippen molar-refractivity contribution in [1.82, 2.24) is 9.97 Å². The number of thioether (sulfide) groups is 1. The monoisotopic (exact) mass is 301 g/mol. The van der Waals surface area contributed by atoms with Crippen molar-refractivity contribution in [2.45, 2.75) is 30.6 Å². The summed E-state index contributed by atoms with van der Waals surface area (Å²) in [7, 11) is 1.90. The first-order chi connectivity index (χ1) is 10.3. The number of benzene rings is 1. The number of hydrogen-bond acceptors (Lipinski definition) is 5. The Bertz CT molecular complexity index is 628. The predicted octanol–water partition coefficient (Wildman–Crippen LogP) is 3.19. The van der Waals surface area contributed by atoms with Crippen molar-refractivity contribution < 1.29 is 4.74 Å². The van der Waals surface area contributed by atoms with Crippen LogP contribution in [0.15, 0.2) is 29.2 Å². The molecule has 1 aromatic carbocycles. The standard InChI is InChI=1S/C16H19N3OS/c1-11-4-3-5-12(8-11)21-10-15-18-14-6-7-20-9-13(14)16(17-2)19-15/h3-5,8H,6-7,9-10H2,1-2H3,(H,17,18,19). The molecule has 3 rings (SSSR count). The summed E-state index contributed by atoms with van der Waals surface area (Å²) in [4.78, 5) is 10.6. The average molecular weight is 301 g/mol. The van der Waals surface area contributed by atoms with Gasteiger partial charge in [0.05, 0.1) is 24.7 Å². The fraction of sp³-hybridized carbons (Fsp3) is 0.375. The van der Waals surface area contributed by atoms with Crippen LogP contribution in [-0.4, -0.2) is 23.6 Å². The maximum Gasteiger partial charge on any atom is 0.141 e. The molecule has 21 heavy (non-hydrogen) atoms. The van der Waals surface area contributed by atoms with E-state index in [1.165, 1.54) is 10.5 Å². The summed E-state index contributed by atoms with van der Waals surface area (Å²) < 4.78 is 5.50. The highest BCUT2D eigenvalue weighted by atomic mass is 32.2. The third-order valence-corrected chi connectivity index (χ3v) is 4.45. The summed E-state index contributed by atoms with van der Waals surface area (Å²) in [5.74, 6) is 2.57. The number of nitrogens with zero attached hydrogens (tertiary/aromatic N) is 2. The second-order valence-corrected chi connectivity index (χ2v) is 6.12. The van der Waals surface area contributed by atoms with E-state index in [0.29, 0.717) is 6.61 Å². The van der Waals surface area contributed by atoms with Crippen molar-refractivity contribution in [3.05, 3.63) is 46.9 Å². The van der Waals surface area contributed by atoms with Gasteiger partial charge in [-0.2, -0.15) is 0 Å². The number of nitrogens with one attached hydrogen (secondary N) is 1. The zero-order valence-corrected chi connectivity index (χ0v) is 13.2.